The minimum Gasteiger partial charge on any atom is -0.227 e. The van der Waals surface area contributed by atoms with Crippen LogP contribution in [0.25, 0.3) is 99.6 Å². The lowest BCUT2D eigenvalue weighted by Gasteiger charge is -2.17. The van der Waals surface area contributed by atoms with Crippen molar-refractivity contribution in [1.29, 1.82) is 10.5 Å². The molecular weight excluding hydrogens is 705 g/mol. The van der Waals surface area contributed by atoms with Crippen molar-refractivity contribution in [3.8, 4) is 79.3 Å². The molecule has 0 aliphatic carbocycles. The van der Waals surface area contributed by atoms with Gasteiger partial charge in [0, 0.05) is 22.1 Å². The van der Waals surface area contributed by atoms with Gasteiger partial charge in [0.2, 0.25) is 0 Å². The summed E-state index contributed by atoms with van der Waals surface area (Å²) < 4.78 is 0. The summed E-state index contributed by atoms with van der Waals surface area (Å²) in [7, 11) is 0. The largest absolute Gasteiger partial charge is 0.227 e. The van der Waals surface area contributed by atoms with E-state index in [9.17, 15) is 10.5 Å². The second-order valence-electron chi connectivity index (χ2n) is 14.4. The molecule has 0 aliphatic heterocycles. The third-order valence-corrected chi connectivity index (χ3v) is 11.0. The molecule has 1 heterocycles. The molecule has 1 aromatic heterocycles. The molecule has 10 rings (SSSR count). The van der Waals surface area contributed by atoms with Gasteiger partial charge < -0.3 is 0 Å². The second-order valence-corrected chi connectivity index (χ2v) is 14.4. The highest BCUT2D eigenvalue weighted by Gasteiger charge is 2.19. The number of benzene rings is 9. The Kier molecular flexibility index (Phi) is 8.57. The van der Waals surface area contributed by atoms with Crippen LogP contribution in [0.4, 0.5) is 0 Å². The molecule has 268 valence electrons. The molecule has 0 bridgehead atoms. The minimum absolute atomic E-state index is 0.629. The predicted molar refractivity (Wildman–Crippen MR) is 237 cm³/mol. The fraction of sp³-hybridized carbons (Fsp3) is 0. The summed E-state index contributed by atoms with van der Waals surface area (Å²) in [6, 6.07) is 71.2. The van der Waals surface area contributed by atoms with Crippen molar-refractivity contribution in [1.82, 2.24) is 9.97 Å². The van der Waals surface area contributed by atoms with Gasteiger partial charge in [0.05, 0.1) is 34.5 Å². The Balaban J connectivity index is 1.23. The van der Waals surface area contributed by atoms with Crippen molar-refractivity contribution in [2.75, 3.05) is 0 Å². The number of nitriles is 2. The molecule has 0 fully saturated rings. The van der Waals surface area contributed by atoms with Gasteiger partial charge in [-0.3, -0.25) is 0 Å². The molecule has 0 atom stereocenters. The van der Waals surface area contributed by atoms with Crippen LogP contribution in [-0.2, 0) is 0 Å². The summed E-state index contributed by atoms with van der Waals surface area (Å²) in [5.41, 5.74) is 13.4. The van der Waals surface area contributed by atoms with E-state index < -0.39 is 0 Å². The maximum absolute atomic E-state index is 9.35. The first-order valence-electron chi connectivity index (χ1n) is 19.2. The Labute approximate surface area is 336 Å². The molecule has 10 aromatic rings. The normalized spacial score (nSPS) is 11.1. The van der Waals surface area contributed by atoms with E-state index in [-0.39, 0.29) is 0 Å². The molecular formula is C54H32N4. The van der Waals surface area contributed by atoms with E-state index in [0.29, 0.717) is 17.0 Å². The first-order chi connectivity index (χ1) is 28.6. The van der Waals surface area contributed by atoms with Gasteiger partial charge in [-0.25, -0.2) is 9.97 Å². The highest BCUT2D eigenvalue weighted by Crippen LogP contribution is 2.42. The van der Waals surface area contributed by atoms with Crippen LogP contribution in [0.1, 0.15) is 11.1 Å². The Morgan fingerprint density at radius 2 is 0.776 bits per heavy atom. The van der Waals surface area contributed by atoms with Crippen molar-refractivity contribution in [2.45, 2.75) is 0 Å². The Morgan fingerprint density at radius 1 is 0.328 bits per heavy atom. The molecule has 0 amide bonds. The average Bonchev–Trinajstić information content (AvgIpc) is 3.30. The number of aromatic nitrogens is 2. The van der Waals surface area contributed by atoms with Gasteiger partial charge in [-0.05, 0) is 96.9 Å². The number of rotatable bonds is 6. The van der Waals surface area contributed by atoms with Crippen LogP contribution < -0.4 is 0 Å². The smallest absolute Gasteiger partial charge is 0.160 e. The van der Waals surface area contributed by atoms with Gasteiger partial charge >= 0.3 is 0 Å². The van der Waals surface area contributed by atoms with E-state index in [1.54, 1.807) is 0 Å². The zero-order valence-corrected chi connectivity index (χ0v) is 31.3. The van der Waals surface area contributed by atoms with Gasteiger partial charge in [0.15, 0.2) is 5.82 Å². The first kappa shape index (κ1) is 34.3. The first-order valence-corrected chi connectivity index (χ1v) is 19.2. The molecule has 0 aliphatic rings. The molecule has 0 unspecified atom stereocenters. The molecule has 9 aromatic carbocycles. The number of hydrogen-bond acceptors (Lipinski definition) is 4. The van der Waals surface area contributed by atoms with Crippen LogP contribution >= 0.6 is 0 Å². The maximum Gasteiger partial charge on any atom is 0.160 e. The summed E-state index contributed by atoms with van der Waals surface area (Å²) in [6.45, 7) is 0. The van der Waals surface area contributed by atoms with Gasteiger partial charge in [-0.2, -0.15) is 10.5 Å². The summed E-state index contributed by atoms with van der Waals surface area (Å²) in [5.74, 6) is 0.629. The summed E-state index contributed by atoms with van der Waals surface area (Å²) >= 11 is 0. The third-order valence-electron chi connectivity index (χ3n) is 11.0. The lowest BCUT2D eigenvalue weighted by Crippen LogP contribution is -1.98. The average molecular weight is 737 g/mol. The van der Waals surface area contributed by atoms with Crippen LogP contribution in [0, 0.1) is 22.7 Å². The fourth-order valence-corrected chi connectivity index (χ4v) is 7.99. The summed E-state index contributed by atoms with van der Waals surface area (Å²) in [5, 5.41) is 24.3. The van der Waals surface area contributed by atoms with E-state index in [4.69, 9.17) is 9.97 Å². The van der Waals surface area contributed by atoms with Crippen LogP contribution in [0.3, 0.4) is 0 Å². The lowest BCUT2D eigenvalue weighted by molar-refractivity contribution is 1.23. The Bertz CT molecular complexity index is 3250. The van der Waals surface area contributed by atoms with E-state index in [1.807, 2.05) is 48.5 Å². The molecule has 58 heavy (non-hydrogen) atoms. The zero-order chi connectivity index (χ0) is 39.0. The van der Waals surface area contributed by atoms with E-state index >= 15 is 0 Å². The van der Waals surface area contributed by atoms with Gasteiger partial charge in [-0.15, -0.1) is 0 Å². The van der Waals surface area contributed by atoms with Gasteiger partial charge in [-0.1, -0.05) is 158 Å². The van der Waals surface area contributed by atoms with Crippen molar-refractivity contribution in [3.05, 3.63) is 205 Å². The molecule has 4 nitrogen and oxygen atoms in total. The van der Waals surface area contributed by atoms with Gasteiger partial charge in [0.1, 0.15) is 0 Å². The topological polar surface area (TPSA) is 73.4 Å². The predicted octanol–water partition coefficient (Wildman–Crippen LogP) is 13.7. The van der Waals surface area contributed by atoms with Crippen LogP contribution in [0.15, 0.2) is 194 Å². The molecule has 0 N–H and O–H groups in total. The van der Waals surface area contributed by atoms with E-state index in [2.05, 4.69) is 158 Å². The highest BCUT2D eigenvalue weighted by molar-refractivity contribution is 6.10. The summed E-state index contributed by atoms with van der Waals surface area (Å²) in [4.78, 5) is 10.8. The van der Waals surface area contributed by atoms with Gasteiger partial charge in [0.25, 0.3) is 0 Å². The quantitative estimate of drug-likeness (QED) is 0.170. The number of fused-ring (bicyclic) bond motifs is 3. The lowest BCUT2D eigenvalue weighted by atomic mass is 9.89. The van der Waals surface area contributed by atoms with Crippen LogP contribution in [-0.4, -0.2) is 9.97 Å². The fourth-order valence-electron chi connectivity index (χ4n) is 7.99. The third kappa shape index (κ3) is 6.22. The van der Waals surface area contributed by atoms with Crippen molar-refractivity contribution < 1.29 is 0 Å². The highest BCUT2D eigenvalue weighted by atomic mass is 14.9. The minimum atomic E-state index is 0.629. The van der Waals surface area contributed by atoms with Crippen molar-refractivity contribution in [3.63, 3.8) is 0 Å². The number of hydrogen-bond donors (Lipinski definition) is 0. The Morgan fingerprint density at radius 3 is 1.33 bits per heavy atom. The summed E-state index contributed by atoms with van der Waals surface area (Å²) in [6.07, 6.45) is 0. The van der Waals surface area contributed by atoms with E-state index in [1.165, 1.54) is 10.8 Å². The maximum atomic E-state index is 9.35. The molecule has 0 radical (unpaired) electrons. The number of nitrogens with zero attached hydrogens (tertiary/aromatic N) is 4. The Hall–Kier alpha value is -8.18. The SMILES string of the molecule is N#Cc1ccc(-c2ccc(-c3nc(-c4ccc(-c5ccc(C#N)cc5)cc4)c4cc(-c5cccc6ccccc56)cc(-c5cccc6ccccc56)c4n3)cc2)cc1. The van der Waals surface area contributed by atoms with Crippen LogP contribution in [0.5, 0.6) is 0 Å². The monoisotopic (exact) mass is 736 g/mol. The molecule has 0 saturated carbocycles. The van der Waals surface area contributed by atoms with E-state index in [0.717, 1.165) is 83.0 Å². The van der Waals surface area contributed by atoms with Crippen molar-refractivity contribution >= 4 is 32.4 Å². The zero-order valence-electron chi connectivity index (χ0n) is 31.3. The molecule has 0 spiro atoms. The standard InChI is InChI=1S/C54H32N4/c55-33-35-15-19-37(20-16-35)39-23-27-43(28-24-39)52-51-32-45(48-13-5-9-41-7-1-3-11-46(41)48)31-50(49-14-6-10-42-8-2-4-12-47(42)49)53(51)58-54(57-52)44-29-25-40(26-30-44)38-21-17-36(34-56)18-22-38/h1-32H. The molecule has 4 heteroatoms. The van der Waals surface area contributed by atoms with Crippen molar-refractivity contribution in [2.24, 2.45) is 0 Å². The molecule has 0 saturated heterocycles. The van der Waals surface area contributed by atoms with Crippen LogP contribution in [0.2, 0.25) is 0 Å². The second kappa shape index (κ2) is 14.5.